The molecule has 1 aromatic rings. The second kappa shape index (κ2) is 5.25. The minimum Gasteiger partial charge on any atom is -0.207 e. The molecule has 1 saturated heterocycles. The lowest BCUT2D eigenvalue weighted by molar-refractivity contribution is 0.268. The summed E-state index contributed by atoms with van der Waals surface area (Å²) in [6, 6.07) is 3.78. The summed E-state index contributed by atoms with van der Waals surface area (Å²) in [6.07, 6.45) is 3.05. The van der Waals surface area contributed by atoms with Crippen LogP contribution in [0.3, 0.4) is 0 Å². The number of nitrogens with zero attached hydrogens (tertiary/aromatic N) is 1. The average Bonchev–Trinajstić information content (AvgIpc) is 2.36. The van der Waals surface area contributed by atoms with E-state index >= 15 is 0 Å². The zero-order chi connectivity index (χ0) is 14.2. The molecular formula is C15H23NO2S. The minimum absolute atomic E-state index is 0.111. The monoisotopic (exact) mass is 281 g/mol. The Morgan fingerprint density at radius 1 is 1.11 bits per heavy atom. The van der Waals surface area contributed by atoms with Crippen LogP contribution in [0.1, 0.15) is 42.9 Å². The fourth-order valence-electron chi connectivity index (χ4n) is 2.77. The summed E-state index contributed by atoms with van der Waals surface area (Å²) in [4.78, 5) is 0.476. The Balaban J connectivity index is 2.48. The van der Waals surface area contributed by atoms with Gasteiger partial charge in [-0.3, -0.25) is 0 Å². The molecule has 0 aromatic heterocycles. The van der Waals surface area contributed by atoms with Crippen LogP contribution in [-0.4, -0.2) is 25.3 Å². The van der Waals surface area contributed by atoms with E-state index in [1.54, 1.807) is 10.4 Å². The van der Waals surface area contributed by atoms with Crippen LogP contribution in [0.4, 0.5) is 0 Å². The van der Waals surface area contributed by atoms with E-state index in [2.05, 4.69) is 0 Å². The van der Waals surface area contributed by atoms with E-state index in [1.807, 2.05) is 33.8 Å². The van der Waals surface area contributed by atoms with Crippen molar-refractivity contribution in [3.05, 3.63) is 28.8 Å². The topological polar surface area (TPSA) is 37.4 Å². The highest BCUT2D eigenvalue weighted by atomic mass is 32.2. The van der Waals surface area contributed by atoms with Gasteiger partial charge in [-0.2, -0.15) is 4.31 Å². The third-order valence-corrected chi connectivity index (χ3v) is 6.49. The third kappa shape index (κ3) is 2.56. The minimum atomic E-state index is -3.35. The summed E-state index contributed by atoms with van der Waals surface area (Å²) in [6.45, 7) is 8.57. The van der Waals surface area contributed by atoms with Gasteiger partial charge in [0.1, 0.15) is 0 Å². The van der Waals surface area contributed by atoms with Gasteiger partial charge in [-0.15, -0.1) is 0 Å². The second-order valence-electron chi connectivity index (χ2n) is 5.59. The molecule has 0 radical (unpaired) electrons. The molecule has 3 nitrogen and oxygen atoms in total. The van der Waals surface area contributed by atoms with E-state index in [-0.39, 0.29) is 6.04 Å². The summed E-state index contributed by atoms with van der Waals surface area (Å²) < 4.78 is 27.3. The molecule has 0 N–H and O–H groups in total. The number of rotatable bonds is 2. The number of hydrogen-bond donors (Lipinski definition) is 0. The van der Waals surface area contributed by atoms with Crippen molar-refractivity contribution in [3.63, 3.8) is 0 Å². The van der Waals surface area contributed by atoms with Crippen LogP contribution < -0.4 is 0 Å². The van der Waals surface area contributed by atoms with Crippen molar-refractivity contribution in [1.29, 1.82) is 0 Å². The maximum Gasteiger partial charge on any atom is 0.243 e. The van der Waals surface area contributed by atoms with Crippen LogP contribution >= 0.6 is 0 Å². The molecule has 0 bridgehead atoms. The van der Waals surface area contributed by atoms with Crippen LogP contribution in [0.15, 0.2) is 17.0 Å². The quantitative estimate of drug-likeness (QED) is 0.835. The smallest absolute Gasteiger partial charge is 0.207 e. The molecule has 0 unspecified atom stereocenters. The fourth-order valence-corrected chi connectivity index (χ4v) is 4.75. The lowest BCUT2D eigenvalue weighted by atomic mass is 10.1. The standard InChI is InChI=1S/C15H23NO2S/c1-11-8-9-15(14(4)13(11)3)19(17,18)16-10-6-5-7-12(16)2/h8-9,12H,5-7,10H2,1-4H3/t12-/m0/s1. The molecule has 0 spiro atoms. The third-order valence-electron chi connectivity index (χ3n) is 4.34. The molecule has 1 heterocycles. The van der Waals surface area contributed by atoms with Crippen molar-refractivity contribution >= 4 is 10.0 Å². The van der Waals surface area contributed by atoms with Gasteiger partial charge in [0, 0.05) is 12.6 Å². The van der Waals surface area contributed by atoms with E-state index in [4.69, 9.17) is 0 Å². The molecule has 2 rings (SSSR count). The highest BCUT2D eigenvalue weighted by Crippen LogP contribution is 2.28. The summed E-state index contributed by atoms with van der Waals surface area (Å²) in [5.74, 6) is 0. The van der Waals surface area contributed by atoms with E-state index in [0.29, 0.717) is 11.4 Å². The van der Waals surface area contributed by atoms with Crippen LogP contribution in [0, 0.1) is 20.8 Å². The van der Waals surface area contributed by atoms with Gasteiger partial charge in [-0.1, -0.05) is 12.5 Å². The zero-order valence-electron chi connectivity index (χ0n) is 12.2. The van der Waals surface area contributed by atoms with Crippen molar-refractivity contribution in [2.75, 3.05) is 6.54 Å². The highest BCUT2D eigenvalue weighted by Gasteiger charge is 2.32. The molecule has 0 aliphatic carbocycles. The number of sulfonamides is 1. The van der Waals surface area contributed by atoms with Crippen molar-refractivity contribution < 1.29 is 8.42 Å². The second-order valence-corrected chi connectivity index (χ2v) is 7.45. The Morgan fingerprint density at radius 3 is 2.42 bits per heavy atom. The van der Waals surface area contributed by atoms with Gasteiger partial charge < -0.3 is 0 Å². The van der Waals surface area contributed by atoms with Crippen LogP contribution in [0.25, 0.3) is 0 Å². The van der Waals surface area contributed by atoms with E-state index in [1.165, 1.54) is 0 Å². The summed E-state index contributed by atoms with van der Waals surface area (Å²) in [5.41, 5.74) is 3.10. The Bertz CT molecular complexity index is 578. The molecule has 19 heavy (non-hydrogen) atoms. The summed E-state index contributed by atoms with van der Waals surface area (Å²) in [7, 11) is -3.35. The molecule has 1 aliphatic heterocycles. The Kier molecular flexibility index (Phi) is 4.02. The number of benzene rings is 1. The van der Waals surface area contributed by atoms with Gasteiger partial charge in [-0.25, -0.2) is 8.42 Å². The normalized spacial score (nSPS) is 21.6. The van der Waals surface area contributed by atoms with E-state index < -0.39 is 10.0 Å². The van der Waals surface area contributed by atoms with Gasteiger partial charge in [0.05, 0.1) is 4.90 Å². The first-order valence-corrected chi connectivity index (χ1v) is 8.38. The van der Waals surface area contributed by atoms with Gasteiger partial charge in [-0.05, 0) is 63.3 Å². The van der Waals surface area contributed by atoms with Crippen LogP contribution in [0.2, 0.25) is 0 Å². The van der Waals surface area contributed by atoms with E-state index in [9.17, 15) is 8.42 Å². The molecule has 1 fully saturated rings. The van der Waals surface area contributed by atoms with E-state index in [0.717, 1.165) is 36.0 Å². The van der Waals surface area contributed by atoms with Crippen molar-refractivity contribution in [2.24, 2.45) is 0 Å². The lowest BCUT2D eigenvalue weighted by Gasteiger charge is -2.33. The largest absolute Gasteiger partial charge is 0.243 e. The Labute approximate surface area is 116 Å². The van der Waals surface area contributed by atoms with Crippen molar-refractivity contribution in [2.45, 2.75) is 57.9 Å². The number of hydrogen-bond acceptors (Lipinski definition) is 2. The first-order chi connectivity index (χ1) is 8.85. The van der Waals surface area contributed by atoms with Crippen LogP contribution in [-0.2, 0) is 10.0 Å². The fraction of sp³-hybridized carbons (Fsp3) is 0.600. The van der Waals surface area contributed by atoms with Gasteiger partial charge >= 0.3 is 0 Å². The molecule has 1 aliphatic rings. The lowest BCUT2D eigenvalue weighted by Crippen LogP contribution is -2.42. The highest BCUT2D eigenvalue weighted by molar-refractivity contribution is 7.89. The first kappa shape index (κ1) is 14.5. The predicted octanol–water partition coefficient (Wildman–Crippen LogP) is 3.17. The maximum absolute atomic E-state index is 12.8. The SMILES string of the molecule is Cc1ccc(S(=O)(=O)N2CCCC[C@@H]2C)c(C)c1C. The Morgan fingerprint density at radius 2 is 1.79 bits per heavy atom. The number of aryl methyl sites for hydroxylation is 1. The summed E-state index contributed by atoms with van der Waals surface area (Å²) >= 11 is 0. The van der Waals surface area contributed by atoms with Gasteiger partial charge in [0.2, 0.25) is 10.0 Å². The van der Waals surface area contributed by atoms with Crippen molar-refractivity contribution in [1.82, 2.24) is 4.31 Å². The summed E-state index contributed by atoms with van der Waals surface area (Å²) in [5, 5.41) is 0. The molecule has 4 heteroatoms. The first-order valence-electron chi connectivity index (χ1n) is 6.94. The molecule has 0 amide bonds. The van der Waals surface area contributed by atoms with Gasteiger partial charge in [0.25, 0.3) is 0 Å². The molecule has 106 valence electrons. The molecular weight excluding hydrogens is 258 g/mol. The predicted molar refractivity (Wildman–Crippen MR) is 77.9 cm³/mol. The zero-order valence-corrected chi connectivity index (χ0v) is 13.0. The number of piperidine rings is 1. The molecule has 0 saturated carbocycles. The molecule has 1 aromatic carbocycles. The molecule has 1 atom stereocenters. The Hall–Kier alpha value is -0.870. The maximum atomic E-state index is 12.8. The van der Waals surface area contributed by atoms with Crippen LogP contribution in [0.5, 0.6) is 0 Å². The van der Waals surface area contributed by atoms with Crippen molar-refractivity contribution in [3.8, 4) is 0 Å². The van der Waals surface area contributed by atoms with Gasteiger partial charge in [0.15, 0.2) is 0 Å². The average molecular weight is 281 g/mol.